The zero-order valence-electron chi connectivity index (χ0n) is 12.1. The van der Waals surface area contributed by atoms with Crippen molar-refractivity contribution in [1.82, 2.24) is 19.7 Å². The Balaban J connectivity index is 2.46. The fraction of sp³-hybridized carbons (Fsp3) is 0.154. The molecule has 1 aromatic carbocycles. The first-order chi connectivity index (χ1) is 10.7. The van der Waals surface area contributed by atoms with Gasteiger partial charge in [-0.15, -0.1) is 0 Å². The molecule has 0 radical (unpaired) electrons. The van der Waals surface area contributed by atoms with Crippen LogP contribution in [0.1, 0.15) is 0 Å². The molecule has 0 unspecified atom stereocenters. The zero-order valence-corrected chi connectivity index (χ0v) is 12.9. The van der Waals surface area contributed by atoms with Gasteiger partial charge in [0.1, 0.15) is 17.5 Å². The van der Waals surface area contributed by atoms with Gasteiger partial charge < -0.3 is 5.73 Å². The number of nitrogen functional groups attached to an aromatic ring is 1. The number of rotatable bonds is 2. The van der Waals surface area contributed by atoms with Crippen LogP contribution in [0.25, 0.3) is 22.3 Å². The second-order valence-electron chi connectivity index (χ2n) is 4.96. The molecule has 120 valence electrons. The number of hydrogen-bond acceptors (Lipinski definition) is 6. The molecule has 0 aliphatic rings. The molecule has 0 bridgehead atoms. The Morgan fingerprint density at radius 2 is 1.91 bits per heavy atom. The summed E-state index contributed by atoms with van der Waals surface area (Å²) in [5, 5.41) is 3.69. The molecule has 0 saturated heterocycles. The predicted molar refractivity (Wildman–Crippen MR) is 79.2 cm³/mol. The maximum atomic E-state index is 14.1. The van der Waals surface area contributed by atoms with Crippen molar-refractivity contribution in [3.63, 3.8) is 0 Å². The first kappa shape index (κ1) is 15.3. The zero-order chi connectivity index (χ0) is 16.9. The highest BCUT2D eigenvalue weighted by Gasteiger charge is 2.22. The summed E-state index contributed by atoms with van der Waals surface area (Å²) in [7, 11) is -2.23. The number of aryl methyl sites for hydroxylation is 1. The van der Waals surface area contributed by atoms with Crippen LogP contribution >= 0.6 is 0 Å². The van der Waals surface area contributed by atoms with Crippen LogP contribution in [0.4, 0.5) is 14.6 Å². The van der Waals surface area contributed by atoms with Crippen LogP contribution in [0.15, 0.2) is 23.4 Å². The number of hydrogen-bond donors (Lipinski definition) is 1. The van der Waals surface area contributed by atoms with Crippen molar-refractivity contribution in [3.8, 4) is 11.3 Å². The summed E-state index contributed by atoms with van der Waals surface area (Å²) in [5.74, 6) is -1.52. The van der Waals surface area contributed by atoms with Gasteiger partial charge in [-0.3, -0.25) is 4.68 Å². The number of aromatic nitrogens is 4. The van der Waals surface area contributed by atoms with Crippen LogP contribution in [-0.4, -0.2) is 34.4 Å². The number of anilines is 1. The molecule has 0 aliphatic heterocycles. The number of sulfone groups is 1. The fourth-order valence-electron chi connectivity index (χ4n) is 2.14. The lowest BCUT2D eigenvalue weighted by molar-refractivity contribution is 0.584. The Morgan fingerprint density at radius 1 is 1.22 bits per heavy atom. The molecule has 2 N–H and O–H groups in total. The Labute approximate surface area is 129 Å². The third-order valence-electron chi connectivity index (χ3n) is 3.24. The number of nitrogens with two attached hydrogens (primary N) is 1. The van der Waals surface area contributed by atoms with Gasteiger partial charge in [0.05, 0.1) is 11.1 Å². The van der Waals surface area contributed by atoms with Crippen molar-refractivity contribution >= 4 is 26.7 Å². The molecule has 0 fully saturated rings. The number of nitrogens with zero attached hydrogens (tertiary/aromatic N) is 4. The first-order valence-corrected chi connectivity index (χ1v) is 8.23. The lowest BCUT2D eigenvalue weighted by Crippen LogP contribution is -2.06. The Morgan fingerprint density at radius 3 is 2.52 bits per heavy atom. The highest BCUT2D eigenvalue weighted by Crippen LogP contribution is 2.32. The molecular formula is C13H11F2N5O2S. The van der Waals surface area contributed by atoms with Crippen molar-refractivity contribution in [1.29, 1.82) is 0 Å². The lowest BCUT2D eigenvalue weighted by atomic mass is 10.1. The third kappa shape index (κ3) is 2.50. The van der Waals surface area contributed by atoms with E-state index < -0.39 is 26.6 Å². The minimum atomic E-state index is -3.76. The molecular weight excluding hydrogens is 328 g/mol. The monoisotopic (exact) mass is 339 g/mol. The van der Waals surface area contributed by atoms with Gasteiger partial charge in [0.25, 0.3) is 0 Å². The highest BCUT2D eigenvalue weighted by atomic mass is 32.2. The largest absolute Gasteiger partial charge is 0.383 e. The van der Waals surface area contributed by atoms with Crippen LogP contribution in [0.2, 0.25) is 0 Å². The van der Waals surface area contributed by atoms with E-state index in [1.807, 2.05) is 0 Å². The maximum absolute atomic E-state index is 14.1. The van der Waals surface area contributed by atoms with Gasteiger partial charge >= 0.3 is 0 Å². The smallest absolute Gasteiger partial charge is 0.249 e. The number of benzene rings is 1. The van der Waals surface area contributed by atoms with Gasteiger partial charge in [-0.05, 0) is 12.1 Å². The summed E-state index contributed by atoms with van der Waals surface area (Å²) in [6, 6.07) is 2.87. The molecule has 2 aromatic heterocycles. The van der Waals surface area contributed by atoms with Crippen LogP contribution < -0.4 is 5.73 Å². The topological polar surface area (TPSA) is 104 Å². The van der Waals surface area contributed by atoms with E-state index in [1.165, 1.54) is 11.7 Å². The van der Waals surface area contributed by atoms with Crippen LogP contribution in [0, 0.1) is 11.6 Å². The normalized spacial score (nSPS) is 12.0. The van der Waals surface area contributed by atoms with Gasteiger partial charge in [-0.2, -0.15) is 10.1 Å². The molecule has 3 aromatic rings. The molecule has 0 atom stereocenters. The van der Waals surface area contributed by atoms with Crippen LogP contribution in [-0.2, 0) is 16.9 Å². The lowest BCUT2D eigenvalue weighted by Gasteiger charge is -2.07. The van der Waals surface area contributed by atoms with Crippen molar-refractivity contribution in [2.24, 2.45) is 7.05 Å². The number of fused-ring (bicyclic) bond motifs is 1. The van der Waals surface area contributed by atoms with E-state index in [0.29, 0.717) is 6.07 Å². The van der Waals surface area contributed by atoms with Gasteiger partial charge in [0.15, 0.2) is 5.65 Å². The summed E-state index contributed by atoms with van der Waals surface area (Å²) in [6.45, 7) is 0. The summed E-state index contributed by atoms with van der Waals surface area (Å²) in [4.78, 5) is 7.77. The van der Waals surface area contributed by atoms with Crippen molar-refractivity contribution in [2.45, 2.75) is 5.16 Å². The van der Waals surface area contributed by atoms with E-state index in [-0.39, 0.29) is 28.1 Å². The minimum Gasteiger partial charge on any atom is -0.383 e. The SMILES string of the molecule is Cn1nc2nc(S(C)(=O)=O)nc(-c3ccc(F)cc3F)c2c1N. The van der Waals surface area contributed by atoms with Crippen molar-refractivity contribution in [2.75, 3.05) is 12.0 Å². The summed E-state index contributed by atoms with van der Waals surface area (Å²) in [6.07, 6.45) is 0.922. The molecule has 0 aliphatic carbocycles. The van der Waals surface area contributed by atoms with Gasteiger partial charge in [0, 0.05) is 24.9 Å². The summed E-state index contributed by atoms with van der Waals surface area (Å²) >= 11 is 0. The Kier molecular flexibility index (Phi) is 3.29. The van der Waals surface area contributed by atoms with Crippen molar-refractivity contribution < 1.29 is 17.2 Å². The van der Waals surface area contributed by atoms with Gasteiger partial charge in [-0.25, -0.2) is 22.2 Å². The minimum absolute atomic E-state index is 0.0131. The van der Waals surface area contributed by atoms with E-state index >= 15 is 0 Å². The van der Waals surface area contributed by atoms with E-state index in [2.05, 4.69) is 15.1 Å². The molecule has 0 amide bonds. The first-order valence-electron chi connectivity index (χ1n) is 6.34. The molecule has 23 heavy (non-hydrogen) atoms. The predicted octanol–water partition coefficient (Wildman–Crippen LogP) is 1.29. The molecule has 7 nitrogen and oxygen atoms in total. The average Bonchev–Trinajstić information content (AvgIpc) is 2.72. The second-order valence-corrected chi connectivity index (χ2v) is 6.87. The maximum Gasteiger partial charge on any atom is 0.249 e. The molecule has 3 rings (SSSR count). The molecule has 10 heteroatoms. The summed E-state index contributed by atoms with van der Waals surface area (Å²) < 4.78 is 52.0. The van der Waals surface area contributed by atoms with Crippen LogP contribution in [0.3, 0.4) is 0 Å². The molecule has 0 spiro atoms. The Bertz CT molecular complexity index is 1050. The summed E-state index contributed by atoms with van der Waals surface area (Å²) in [5.41, 5.74) is 5.75. The number of halogens is 2. The van der Waals surface area contributed by atoms with Crippen LogP contribution in [0.5, 0.6) is 0 Å². The van der Waals surface area contributed by atoms with E-state index in [4.69, 9.17) is 5.73 Å². The Hall–Kier alpha value is -2.62. The molecule has 2 heterocycles. The highest BCUT2D eigenvalue weighted by molar-refractivity contribution is 7.90. The van der Waals surface area contributed by atoms with E-state index in [0.717, 1.165) is 18.4 Å². The standard InChI is InChI=1S/C13H11F2N5O2S/c1-20-11(16)9-10(7-4-3-6(14)5-8(7)15)17-13(23(2,21)22)18-12(9)19-20/h3-5H,16H2,1-2H3. The van der Waals surface area contributed by atoms with Gasteiger partial charge in [-0.1, -0.05) is 0 Å². The van der Waals surface area contributed by atoms with E-state index in [9.17, 15) is 17.2 Å². The van der Waals surface area contributed by atoms with E-state index in [1.54, 1.807) is 0 Å². The quantitative estimate of drug-likeness (QED) is 0.706. The molecule has 0 saturated carbocycles. The van der Waals surface area contributed by atoms with Gasteiger partial charge in [0.2, 0.25) is 15.0 Å². The second kappa shape index (κ2) is 4.95. The third-order valence-corrected chi connectivity index (χ3v) is 4.08. The average molecular weight is 339 g/mol. The van der Waals surface area contributed by atoms with Crippen molar-refractivity contribution in [3.05, 3.63) is 29.8 Å². The fourth-order valence-corrected chi connectivity index (χ4v) is 2.65.